The number of primary amides is 1. The molecule has 34 heavy (non-hydrogen) atoms. The number of anilines is 1. The molecule has 3 N–H and O–H groups in total. The fraction of sp³-hybridized carbons (Fsp3) is 0.292. The molecule has 2 amide bonds. The number of pyridine rings is 1. The molecule has 9 nitrogen and oxygen atoms in total. The van der Waals surface area contributed by atoms with Gasteiger partial charge in [-0.15, -0.1) is 0 Å². The first-order chi connectivity index (χ1) is 16.3. The lowest BCUT2D eigenvalue weighted by Gasteiger charge is -2.29. The summed E-state index contributed by atoms with van der Waals surface area (Å²) < 4.78 is 27.7. The zero-order valence-corrected chi connectivity index (χ0v) is 19.2. The zero-order chi connectivity index (χ0) is 24.0. The molecule has 0 aliphatic carbocycles. The van der Waals surface area contributed by atoms with Gasteiger partial charge >= 0.3 is 0 Å². The van der Waals surface area contributed by atoms with Crippen LogP contribution >= 0.6 is 0 Å². The lowest BCUT2D eigenvalue weighted by atomic mass is 9.98. The molecular weight excluding hydrogens is 456 g/mol. The summed E-state index contributed by atoms with van der Waals surface area (Å²) in [6, 6.07) is 11.8. The van der Waals surface area contributed by atoms with Crippen LogP contribution in [0.2, 0.25) is 0 Å². The van der Waals surface area contributed by atoms with Gasteiger partial charge in [0.15, 0.2) is 0 Å². The van der Waals surface area contributed by atoms with Gasteiger partial charge in [-0.25, -0.2) is 8.42 Å². The van der Waals surface area contributed by atoms with Crippen LogP contribution in [0.4, 0.5) is 5.69 Å². The van der Waals surface area contributed by atoms with E-state index in [1.807, 2.05) is 24.3 Å². The van der Waals surface area contributed by atoms with Crippen molar-refractivity contribution < 1.29 is 18.0 Å². The summed E-state index contributed by atoms with van der Waals surface area (Å²) in [7, 11) is -3.88. The summed E-state index contributed by atoms with van der Waals surface area (Å²) in [6.45, 7) is 0.833. The van der Waals surface area contributed by atoms with Crippen molar-refractivity contribution in [2.24, 2.45) is 11.7 Å². The second-order valence-electron chi connectivity index (χ2n) is 8.66. The van der Waals surface area contributed by atoms with Crippen LogP contribution in [0.25, 0.3) is 10.9 Å². The standard InChI is InChI=1S/C24H24N4O5S/c25-23(30)16-7-10-27(11-8-16)34(32,33)17-5-6-20-18(13-17)22(29)19(14-26-20)24(31)28-12-9-15-3-1-2-4-21(15)28/h1-6,13-14,16H,7-12H2,(H2,25,30)(H,26,29). The molecular formula is C24H24N4O5S. The number of para-hydroxylation sites is 1. The molecule has 10 heteroatoms. The Labute approximate surface area is 196 Å². The molecule has 5 rings (SSSR count). The lowest BCUT2D eigenvalue weighted by Crippen LogP contribution is -2.41. The second-order valence-corrected chi connectivity index (χ2v) is 10.6. The largest absolute Gasteiger partial charge is 0.369 e. The number of amides is 2. The van der Waals surface area contributed by atoms with Gasteiger partial charge in [0.25, 0.3) is 5.91 Å². The fourth-order valence-electron chi connectivity index (χ4n) is 4.74. The van der Waals surface area contributed by atoms with E-state index in [1.54, 1.807) is 4.90 Å². The van der Waals surface area contributed by atoms with E-state index in [4.69, 9.17) is 5.73 Å². The molecule has 176 valence electrons. The van der Waals surface area contributed by atoms with Gasteiger partial charge in [0.1, 0.15) is 5.56 Å². The normalized spacial score (nSPS) is 17.1. The van der Waals surface area contributed by atoms with Gasteiger partial charge < -0.3 is 15.6 Å². The number of piperidine rings is 1. The van der Waals surface area contributed by atoms with Crippen molar-refractivity contribution in [3.05, 3.63) is 70.0 Å². The third-order valence-electron chi connectivity index (χ3n) is 6.71. The minimum Gasteiger partial charge on any atom is -0.369 e. The summed E-state index contributed by atoms with van der Waals surface area (Å²) in [5.41, 5.74) is 7.05. The van der Waals surface area contributed by atoms with E-state index in [0.717, 1.165) is 11.3 Å². The van der Waals surface area contributed by atoms with Crippen LogP contribution in [0, 0.1) is 5.92 Å². The maximum Gasteiger partial charge on any atom is 0.263 e. The molecule has 0 unspecified atom stereocenters. The topological polar surface area (TPSA) is 134 Å². The number of aromatic nitrogens is 1. The molecule has 2 aliphatic heterocycles. The fourth-order valence-corrected chi connectivity index (χ4v) is 6.24. The van der Waals surface area contributed by atoms with E-state index in [2.05, 4.69) is 4.98 Å². The number of carbonyl (C=O) groups is 2. The summed E-state index contributed by atoms with van der Waals surface area (Å²) in [5, 5.41) is 0.131. The summed E-state index contributed by atoms with van der Waals surface area (Å²) in [6.07, 6.45) is 2.82. The average molecular weight is 481 g/mol. The van der Waals surface area contributed by atoms with Crippen molar-refractivity contribution in [3.8, 4) is 0 Å². The Bertz CT molecular complexity index is 1470. The number of aromatic amines is 1. The van der Waals surface area contributed by atoms with Crippen molar-refractivity contribution in [1.29, 1.82) is 0 Å². The highest BCUT2D eigenvalue weighted by atomic mass is 32.2. The Morgan fingerprint density at radius 3 is 2.50 bits per heavy atom. The average Bonchev–Trinajstić information content (AvgIpc) is 3.28. The predicted molar refractivity (Wildman–Crippen MR) is 127 cm³/mol. The van der Waals surface area contributed by atoms with Gasteiger partial charge in [-0.2, -0.15) is 4.31 Å². The van der Waals surface area contributed by atoms with E-state index in [1.165, 1.54) is 28.7 Å². The molecule has 0 saturated carbocycles. The molecule has 3 aromatic rings. The molecule has 0 atom stereocenters. The van der Waals surface area contributed by atoms with Crippen LogP contribution in [-0.4, -0.2) is 49.2 Å². The Kier molecular flexibility index (Phi) is 5.49. The van der Waals surface area contributed by atoms with Gasteiger partial charge in [0.05, 0.1) is 4.90 Å². The zero-order valence-electron chi connectivity index (χ0n) is 18.4. The van der Waals surface area contributed by atoms with Crippen LogP contribution in [-0.2, 0) is 21.2 Å². The van der Waals surface area contributed by atoms with Crippen LogP contribution in [0.3, 0.4) is 0 Å². The SMILES string of the molecule is NC(=O)C1CCN(S(=O)(=O)c2ccc3[nH]cc(C(=O)N4CCc5ccccc54)c(=O)c3c2)CC1. The third-order valence-corrected chi connectivity index (χ3v) is 8.60. The molecule has 1 fully saturated rings. The Balaban J connectivity index is 1.48. The number of sulfonamides is 1. The first-order valence-corrected chi connectivity index (χ1v) is 12.6. The summed E-state index contributed by atoms with van der Waals surface area (Å²) >= 11 is 0. The van der Waals surface area contributed by atoms with Gasteiger partial charge in [0, 0.05) is 48.3 Å². The molecule has 1 aromatic heterocycles. The first kappa shape index (κ1) is 22.3. The van der Waals surface area contributed by atoms with Crippen molar-refractivity contribution >= 4 is 38.4 Å². The van der Waals surface area contributed by atoms with Crippen LogP contribution < -0.4 is 16.1 Å². The smallest absolute Gasteiger partial charge is 0.263 e. The number of carbonyl (C=O) groups excluding carboxylic acids is 2. The maximum absolute atomic E-state index is 13.3. The van der Waals surface area contributed by atoms with Crippen molar-refractivity contribution in [1.82, 2.24) is 9.29 Å². The monoisotopic (exact) mass is 480 g/mol. The highest BCUT2D eigenvalue weighted by Crippen LogP contribution is 2.29. The Hall–Kier alpha value is -3.50. The van der Waals surface area contributed by atoms with Crippen molar-refractivity contribution in [3.63, 3.8) is 0 Å². The van der Waals surface area contributed by atoms with Gasteiger partial charge in [-0.1, -0.05) is 18.2 Å². The molecule has 1 saturated heterocycles. The molecule has 0 radical (unpaired) electrons. The number of rotatable bonds is 4. The third kappa shape index (κ3) is 3.68. The van der Waals surface area contributed by atoms with E-state index < -0.39 is 27.3 Å². The molecule has 3 heterocycles. The number of fused-ring (bicyclic) bond motifs is 2. The quantitative estimate of drug-likeness (QED) is 0.585. The number of benzene rings is 2. The van der Waals surface area contributed by atoms with Gasteiger partial charge in [-0.05, 0) is 49.1 Å². The maximum atomic E-state index is 13.3. The highest BCUT2D eigenvalue weighted by molar-refractivity contribution is 7.89. The summed E-state index contributed by atoms with van der Waals surface area (Å²) in [4.78, 5) is 42.4. The van der Waals surface area contributed by atoms with Crippen LogP contribution in [0.15, 0.2) is 58.4 Å². The Morgan fingerprint density at radius 2 is 1.76 bits per heavy atom. The van der Waals surface area contributed by atoms with E-state index in [-0.39, 0.29) is 34.9 Å². The summed E-state index contributed by atoms with van der Waals surface area (Å²) in [5.74, 6) is -1.18. The van der Waals surface area contributed by atoms with E-state index >= 15 is 0 Å². The lowest BCUT2D eigenvalue weighted by molar-refractivity contribution is -0.122. The number of hydrogen-bond donors (Lipinski definition) is 2. The second kappa shape index (κ2) is 8.37. The van der Waals surface area contributed by atoms with E-state index in [9.17, 15) is 22.8 Å². The number of nitrogens with two attached hydrogens (primary N) is 1. The highest BCUT2D eigenvalue weighted by Gasteiger charge is 2.32. The molecule has 2 aliphatic rings. The number of nitrogens with one attached hydrogen (secondary N) is 1. The number of H-pyrrole nitrogens is 1. The van der Waals surface area contributed by atoms with E-state index in [0.29, 0.717) is 31.3 Å². The number of hydrogen-bond acceptors (Lipinski definition) is 5. The van der Waals surface area contributed by atoms with Crippen molar-refractivity contribution in [2.75, 3.05) is 24.5 Å². The molecule has 0 spiro atoms. The van der Waals surface area contributed by atoms with Crippen LogP contribution in [0.1, 0.15) is 28.8 Å². The van der Waals surface area contributed by atoms with Crippen molar-refractivity contribution in [2.45, 2.75) is 24.2 Å². The minimum absolute atomic E-state index is 0.0286. The van der Waals surface area contributed by atoms with Crippen LogP contribution in [0.5, 0.6) is 0 Å². The number of nitrogens with zero attached hydrogens (tertiary/aromatic N) is 2. The molecule has 2 aromatic carbocycles. The first-order valence-electron chi connectivity index (χ1n) is 11.1. The Morgan fingerprint density at radius 1 is 1.03 bits per heavy atom. The predicted octanol–water partition coefficient (Wildman–Crippen LogP) is 1.62. The van der Waals surface area contributed by atoms with Gasteiger partial charge in [0.2, 0.25) is 21.4 Å². The minimum atomic E-state index is -3.88. The van der Waals surface area contributed by atoms with Gasteiger partial charge in [-0.3, -0.25) is 14.4 Å². The molecule has 0 bridgehead atoms.